The second kappa shape index (κ2) is 9.09. The van der Waals surface area contributed by atoms with Crippen LogP contribution < -0.4 is 14.9 Å². The van der Waals surface area contributed by atoms with Crippen LogP contribution >= 0.6 is 11.3 Å². The molecule has 0 radical (unpaired) electrons. The average molecular weight is 629 g/mol. The molecule has 41 heavy (non-hydrogen) atoms. The van der Waals surface area contributed by atoms with Crippen LogP contribution in [0, 0.1) is 0 Å². The van der Waals surface area contributed by atoms with E-state index in [0.717, 1.165) is 37.0 Å². The Labute approximate surface area is 240 Å². The Hall–Kier alpha value is -2.31. The molecular weight excluding hydrogens is 599 g/mol. The predicted octanol–water partition coefficient (Wildman–Crippen LogP) is 1.92. The van der Waals surface area contributed by atoms with Gasteiger partial charge in [-0.3, -0.25) is 4.40 Å². The van der Waals surface area contributed by atoms with Crippen molar-refractivity contribution >= 4 is 42.7 Å². The fraction of sp³-hybridized carbons (Fsp3) is 0.625. The minimum atomic E-state index is -3.94. The summed E-state index contributed by atoms with van der Waals surface area (Å²) in [4.78, 5) is 7.04. The normalized spacial score (nSPS) is 22.5. The van der Waals surface area contributed by atoms with Gasteiger partial charge in [0.05, 0.1) is 23.2 Å². The van der Waals surface area contributed by atoms with E-state index >= 15 is 0 Å². The summed E-state index contributed by atoms with van der Waals surface area (Å²) in [5.74, 6) is 0.115. The third-order valence-electron chi connectivity index (χ3n) is 8.33. The topological polar surface area (TPSA) is 142 Å². The first-order valence-corrected chi connectivity index (χ1v) is 17.6. The average Bonchev–Trinajstić information content (AvgIpc) is 3.76. The number of rotatable bonds is 8. The molecule has 17 heteroatoms. The van der Waals surface area contributed by atoms with Gasteiger partial charge in [-0.2, -0.15) is 4.31 Å². The molecule has 222 valence electrons. The van der Waals surface area contributed by atoms with Crippen molar-refractivity contribution in [2.24, 2.45) is 0 Å². The number of imidazole rings is 1. The van der Waals surface area contributed by atoms with E-state index in [1.165, 1.54) is 16.8 Å². The number of pyridine rings is 1. The van der Waals surface area contributed by atoms with Crippen LogP contribution in [0.15, 0.2) is 17.2 Å². The number of sulfonamides is 2. The highest BCUT2D eigenvalue weighted by molar-refractivity contribution is 7.89. The van der Waals surface area contributed by atoms with E-state index < -0.39 is 42.6 Å². The van der Waals surface area contributed by atoms with Crippen LogP contribution in [0.25, 0.3) is 16.3 Å². The molecule has 4 fully saturated rings. The summed E-state index contributed by atoms with van der Waals surface area (Å²) in [6, 6.07) is 1.62. The van der Waals surface area contributed by atoms with E-state index in [4.69, 9.17) is 4.98 Å². The fourth-order valence-electron chi connectivity index (χ4n) is 5.68. The summed E-state index contributed by atoms with van der Waals surface area (Å²) in [6.07, 6.45) is 3.15. The standard InChI is InChI=1S/C24H30F2N8O4S3/c1-23(5-6-23)31-41(37,38)15-9-16(32-8-7-27-24(11-32)12-33(13-24)40(2,35)36)20-28-17(14-3-4-14)18(34(20)10-15)21-29-30-22(39-21)19(25)26/h9-10,14,19,27,31H,3-8,11-13H2,1-2H3. The maximum absolute atomic E-state index is 13.6. The SMILES string of the molecule is CC1(NS(=O)(=O)c2cc(N3CCNC4(C3)CN(S(C)(=O)=O)C4)c3nc(C4CC4)c(-c4nnc(C(F)F)s4)n3c2)CC1. The summed E-state index contributed by atoms with van der Waals surface area (Å²) in [7, 11) is -7.27. The Bertz CT molecular complexity index is 1760. The van der Waals surface area contributed by atoms with Gasteiger partial charge < -0.3 is 10.2 Å². The highest BCUT2D eigenvalue weighted by Gasteiger charge is 2.49. The third-order valence-corrected chi connectivity index (χ3v) is 12.1. The van der Waals surface area contributed by atoms with E-state index in [1.54, 1.807) is 10.5 Å². The second-order valence-corrected chi connectivity index (χ2v) is 16.6. The molecule has 12 nitrogen and oxygen atoms in total. The number of halogens is 2. The molecule has 0 bridgehead atoms. The number of nitrogens with one attached hydrogen (secondary N) is 2. The lowest BCUT2D eigenvalue weighted by Gasteiger charge is -2.54. The molecular formula is C24H30F2N8O4S3. The van der Waals surface area contributed by atoms with Gasteiger partial charge in [-0.25, -0.2) is 35.3 Å². The van der Waals surface area contributed by atoms with Crippen LogP contribution in [-0.2, 0) is 20.0 Å². The summed E-state index contributed by atoms with van der Waals surface area (Å²) >= 11 is 0.779. The molecule has 3 aromatic rings. The van der Waals surface area contributed by atoms with Gasteiger partial charge >= 0.3 is 0 Å². The van der Waals surface area contributed by atoms with Gasteiger partial charge in [-0.15, -0.1) is 10.2 Å². The van der Waals surface area contributed by atoms with E-state index in [1.807, 2.05) is 11.8 Å². The molecule has 2 saturated heterocycles. The Kier molecular flexibility index (Phi) is 6.10. The van der Waals surface area contributed by atoms with E-state index in [-0.39, 0.29) is 15.8 Å². The summed E-state index contributed by atoms with van der Waals surface area (Å²) < 4.78 is 84.2. The molecule has 0 atom stereocenters. The lowest BCUT2D eigenvalue weighted by atomic mass is 9.89. The van der Waals surface area contributed by atoms with Gasteiger partial charge in [0, 0.05) is 50.4 Å². The highest BCUT2D eigenvalue weighted by atomic mass is 32.2. The van der Waals surface area contributed by atoms with Crippen molar-refractivity contribution < 1.29 is 25.6 Å². The van der Waals surface area contributed by atoms with Crippen molar-refractivity contribution in [1.82, 2.24) is 33.9 Å². The van der Waals surface area contributed by atoms with Crippen LogP contribution in [0.1, 0.15) is 55.7 Å². The monoisotopic (exact) mass is 628 g/mol. The first kappa shape index (κ1) is 27.5. The van der Waals surface area contributed by atoms with Gasteiger partial charge in [0.1, 0.15) is 10.6 Å². The number of alkyl halides is 2. The molecule has 5 heterocycles. The number of hydrogen-bond donors (Lipinski definition) is 2. The first-order valence-electron chi connectivity index (χ1n) is 13.4. The Morgan fingerprint density at radius 3 is 2.49 bits per heavy atom. The number of nitrogens with zero attached hydrogens (tertiary/aromatic N) is 6. The van der Waals surface area contributed by atoms with E-state index in [2.05, 4.69) is 20.2 Å². The van der Waals surface area contributed by atoms with Crippen molar-refractivity contribution in [3.8, 4) is 10.7 Å². The molecule has 7 rings (SSSR count). The highest BCUT2D eigenvalue weighted by Crippen LogP contribution is 2.47. The van der Waals surface area contributed by atoms with Crippen LogP contribution in [0.5, 0.6) is 0 Å². The van der Waals surface area contributed by atoms with Crippen LogP contribution in [0.2, 0.25) is 0 Å². The Morgan fingerprint density at radius 2 is 1.88 bits per heavy atom. The molecule has 2 aliphatic heterocycles. The zero-order valence-corrected chi connectivity index (χ0v) is 24.9. The van der Waals surface area contributed by atoms with Gasteiger partial charge in [-0.1, -0.05) is 11.3 Å². The number of hydrogen-bond acceptors (Lipinski definition) is 10. The molecule has 2 N–H and O–H groups in total. The molecule has 4 aliphatic rings. The molecule has 0 amide bonds. The summed E-state index contributed by atoms with van der Waals surface area (Å²) in [5, 5.41) is 11.0. The Morgan fingerprint density at radius 1 is 1.15 bits per heavy atom. The van der Waals surface area contributed by atoms with E-state index in [0.29, 0.717) is 55.4 Å². The van der Waals surface area contributed by atoms with Crippen molar-refractivity contribution in [3.63, 3.8) is 0 Å². The first-order chi connectivity index (χ1) is 19.3. The van der Waals surface area contributed by atoms with Crippen LogP contribution in [0.4, 0.5) is 14.5 Å². The fourth-order valence-corrected chi connectivity index (χ4v) is 8.88. The lowest BCUT2D eigenvalue weighted by Crippen LogP contribution is -2.76. The van der Waals surface area contributed by atoms with Crippen molar-refractivity contribution in [1.29, 1.82) is 0 Å². The zero-order chi connectivity index (χ0) is 28.9. The molecule has 0 aromatic carbocycles. The molecule has 0 unspecified atom stereocenters. The number of anilines is 1. The quantitative estimate of drug-likeness (QED) is 0.383. The Balaban J connectivity index is 1.37. The molecule has 2 aliphatic carbocycles. The predicted molar refractivity (Wildman–Crippen MR) is 148 cm³/mol. The van der Waals surface area contributed by atoms with Gasteiger partial charge in [-0.05, 0) is 38.7 Å². The minimum absolute atomic E-state index is 0.0340. The number of piperazine rings is 1. The third kappa shape index (κ3) is 4.93. The number of aromatic nitrogens is 4. The van der Waals surface area contributed by atoms with Crippen molar-refractivity contribution in [2.75, 3.05) is 43.9 Å². The van der Waals surface area contributed by atoms with Crippen molar-refractivity contribution in [3.05, 3.63) is 23.0 Å². The summed E-state index contributed by atoms with van der Waals surface area (Å²) in [5.41, 5.74) is 1.28. The summed E-state index contributed by atoms with van der Waals surface area (Å²) in [6.45, 7) is 4.03. The van der Waals surface area contributed by atoms with Gasteiger partial charge in [0.2, 0.25) is 20.0 Å². The van der Waals surface area contributed by atoms with Gasteiger partial charge in [0.15, 0.2) is 15.7 Å². The van der Waals surface area contributed by atoms with E-state index in [9.17, 15) is 25.6 Å². The molecule has 2 saturated carbocycles. The largest absolute Gasteiger partial charge is 0.365 e. The van der Waals surface area contributed by atoms with Gasteiger partial charge in [0.25, 0.3) is 6.43 Å². The minimum Gasteiger partial charge on any atom is -0.365 e. The maximum atomic E-state index is 13.6. The maximum Gasteiger partial charge on any atom is 0.291 e. The van der Waals surface area contributed by atoms with Crippen molar-refractivity contribution in [2.45, 2.75) is 60.9 Å². The molecule has 3 aromatic heterocycles. The number of fused-ring (bicyclic) bond motifs is 1. The second-order valence-electron chi connectivity index (χ2n) is 11.9. The smallest absolute Gasteiger partial charge is 0.291 e. The van der Waals surface area contributed by atoms with Crippen LogP contribution in [-0.4, -0.2) is 90.8 Å². The lowest BCUT2D eigenvalue weighted by molar-refractivity contribution is 0.110. The molecule has 1 spiro atoms. The van der Waals surface area contributed by atoms with Crippen LogP contribution in [0.3, 0.4) is 0 Å². The zero-order valence-electron chi connectivity index (χ0n) is 22.5.